The summed E-state index contributed by atoms with van der Waals surface area (Å²) in [6.45, 7) is 0. The summed E-state index contributed by atoms with van der Waals surface area (Å²) in [4.78, 5) is 0. The SMILES string of the molecule is NC(CC(F)(F)F)c1ccc(F)cc1C(F)(F)F. The Balaban J connectivity index is 3.16. The molecule has 0 amide bonds. The standard InChI is InChI=1S/C10H8F7N/c11-5-1-2-6(7(3-5)10(15,16)17)8(18)4-9(12,13)14/h1-3,8H,4,18H2. The van der Waals surface area contributed by atoms with Crippen molar-refractivity contribution in [3.63, 3.8) is 0 Å². The van der Waals surface area contributed by atoms with E-state index in [4.69, 9.17) is 5.73 Å². The Bertz CT molecular complexity index is 421. The average molecular weight is 275 g/mol. The molecule has 0 saturated carbocycles. The monoisotopic (exact) mass is 275 g/mol. The van der Waals surface area contributed by atoms with Gasteiger partial charge in [0.05, 0.1) is 12.0 Å². The number of nitrogens with two attached hydrogens (primary N) is 1. The van der Waals surface area contributed by atoms with Crippen LogP contribution >= 0.6 is 0 Å². The zero-order chi connectivity index (χ0) is 14.1. The zero-order valence-electron chi connectivity index (χ0n) is 8.74. The van der Waals surface area contributed by atoms with Crippen molar-refractivity contribution in [2.24, 2.45) is 5.73 Å². The van der Waals surface area contributed by atoms with Crippen molar-refractivity contribution in [3.8, 4) is 0 Å². The zero-order valence-corrected chi connectivity index (χ0v) is 8.74. The topological polar surface area (TPSA) is 26.0 Å². The molecule has 0 fully saturated rings. The second-order valence-electron chi connectivity index (χ2n) is 3.66. The minimum atomic E-state index is -4.96. The summed E-state index contributed by atoms with van der Waals surface area (Å²) in [5, 5.41) is 0. The quantitative estimate of drug-likeness (QED) is 0.816. The molecule has 1 aromatic rings. The first-order valence-electron chi connectivity index (χ1n) is 4.69. The van der Waals surface area contributed by atoms with E-state index in [0.717, 1.165) is 0 Å². The van der Waals surface area contributed by atoms with E-state index in [1.54, 1.807) is 0 Å². The molecule has 0 bridgehead atoms. The highest BCUT2D eigenvalue weighted by Crippen LogP contribution is 2.37. The van der Waals surface area contributed by atoms with Crippen LogP contribution in [0.3, 0.4) is 0 Å². The van der Waals surface area contributed by atoms with Crippen LogP contribution in [0.4, 0.5) is 30.7 Å². The molecule has 0 aliphatic heterocycles. The Morgan fingerprint density at radius 2 is 1.61 bits per heavy atom. The first-order valence-corrected chi connectivity index (χ1v) is 4.69. The van der Waals surface area contributed by atoms with Gasteiger partial charge in [0.1, 0.15) is 5.82 Å². The molecule has 1 atom stereocenters. The van der Waals surface area contributed by atoms with E-state index in [9.17, 15) is 30.7 Å². The molecule has 0 aliphatic rings. The molecular formula is C10H8F7N. The third-order valence-electron chi connectivity index (χ3n) is 2.17. The van der Waals surface area contributed by atoms with Gasteiger partial charge in [-0.2, -0.15) is 26.3 Å². The molecule has 18 heavy (non-hydrogen) atoms. The molecule has 0 aromatic heterocycles. The molecule has 1 aromatic carbocycles. The summed E-state index contributed by atoms with van der Waals surface area (Å²) in [6.07, 6.45) is -11.3. The molecule has 1 nitrogen and oxygen atoms in total. The fourth-order valence-corrected chi connectivity index (χ4v) is 1.46. The fourth-order valence-electron chi connectivity index (χ4n) is 1.46. The third kappa shape index (κ3) is 3.86. The number of hydrogen-bond donors (Lipinski definition) is 1. The number of alkyl halides is 6. The summed E-state index contributed by atoms with van der Waals surface area (Å²) in [7, 11) is 0. The normalized spacial score (nSPS) is 14.7. The highest BCUT2D eigenvalue weighted by atomic mass is 19.4. The maximum atomic E-state index is 12.7. The van der Waals surface area contributed by atoms with Gasteiger partial charge in [0.2, 0.25) is 0 Å². The Kier molecular flexibility index (Phi) is 3.89. The van der Waals surface area contributed by atoms with Crippen LogP contribution in [0.15, 0.2) is 18.2 Å². The molecular weight excluding hydrogens is 267 g/mol. The maximum absolute atomic E-state index is 12.7. The van der Waals surface area contributed by atoms with Crippen molar-refractivity contribution in [1.82, 2.24) is 0 Å². The van der Waals surface area contributed by atoms with Crippen molar-refractivity contribution >= 4 is 0 Å². The Labute approximate surface area is 97.4 Å². The molecule has 1 unspecified atom stereocenters. The Morgan fingerprint density at radius 1 is 1.06 bits per heavy atom. The minimum absolute atomic E-state index is 0.131. The molecule has 2 N–H and O–H groups in total. The van der Waals surface area contributed by atoms with Crippen molar-refractivity contribution in [2.75, 3.05) is 0 Å². The van der Waals surface area contributed by atoms with Gasteiger partial charge in [-0.15, -0.1) is 0 Å². The highest BCUT2D eigenvalue weighted by Gasteiger charge is 2.38. The second-order valence-corrected chi connectivity index (χ2v) is 3.66. The van der Waals surface area contributed by atoms with E-state index in [1.165, 1.54) is 0 Å². The van der Waals surface area contributed by atoms with Gasteiger partial charge in [-0.1, -0.05) is 6.07 Å². The predicted molar refractivity (Wildman–Crippen MR) is 49.0 cm³/mol. The lowest BCUT2D eigenvalue weighted by Gasteiger charge is -2.19. The average Bonchev–Trinajstić information content (AvgIpc) is 2.13. The van der Waals surface area contributed by atoms with Gasteiger partial charge in [-0.05, 0) is 17.7 Å². The smallest absolute Gasteiger partial charge is 0.324 e. The van der Waals surface area contributed by atoms with Crippen LogP contribution in [0.2, 0.25) is 0 Å². The van der Waals surface area contributed by atoms with Gasteiger partial charge in [0, 0.05) is 6.04 Å². The summed E-state index contributed by atoms with van der Waals surface area (Å²) in [5.74, 6) is -1.19. The van der Waals surface area contributed by atoms with Gasteiger partial charge >= 0.3 is 12.4 Å². The summed E-state index contributed by atoms with van der Waals surface area (Å²) < 4.78 is 86.5. The summed E-state index contributed by atoms with van der Waals surface area (Å²) in [6, 6.07) is -0.497. The lowest BCUT2D eigenvalue weighted by molar-refractivity contribution is -0.144. The van der Waals surface area contributed by atoms with E-state index in [0.29, 0.717) is 12.1 Å². The van der Waals surface area contributed by atoms with Crippen LogP contribution in [0, 0.1) is 5.82 Å². The first-order chi connectivity index (χ1) is 8.00. The first kappa shape index (κ1) is 14.7. The lowest BCUT2D eigenvalue weighted by Crippen LogP contribution is -2.23. The van der Waals surface area contributed by atoms with Crippen molar-refractivity contribution in [3.05, 3.63) is 35.1 Å². The van der Waals surface area contributed by atoms with Crippen LogP contribution in [0.5, 0.6) is 0 Å². The van der Waals surface area contributed by atoms with Crippen LogP contribution in [0.1, 0.15) is 23.6 Å². The fraction of sp³-hybridized carbons (Fsp3) is 0.400. The third-order valence-corrected chi connectivity index (χ3v) is 2.17. The van der Waals surface area contributed by atoms with Gasteiger partial charge < -0.3 is 5.73 Å². The Morgan fingerprint density at radius 3 is 2.06 bits per heavy atom. The highest BCUT2D eigenvalue weighted by molar-refractivity contribution is 5.33. The second kappa shape index (κ2) is 4.75. The van der Waals surface area contributed by atoms with Crippen molar-refractivity contribution in [1.29, 1.82) is 0 Å². The van der Waals surface area contributed by atoms with Crippen LogP contribution in [-0.2, 0) is 6.18 Å². The predicted octanol–water partition coefficient (Wildman–Crippen LogP) is 3.80. The number of benzene rings is 1. The number of rotatable bonds is 2. The van der Waals surface area contributed by atoms with E-state index in [1.807, 2.05) is 0 Å². The van der Waals surface area contributed by atoms with E-state index >= 15 is 0 Å². The van der Waals surface area contributed by atoms with Crippen LogP contribution in [0.25, 0.3) is 0 Å². The number of halogens is 7. The largest absolute Gasteiger partial charge is 0.416 e. The summed E-state index contributed by atoms with van der Waals surface area (Å²) >= 11 is 0. The molecule has 1 rings (SSSR count). The molecule has 0 heterocycles. The van der Waals surface area contributed by atoms with Crippen molar-refractivity contribution in [2.45, 2.75) is 24.8 Å². The molecule has 0 aliphatic carbocycles. The number of hydrogen-bond acceptors (Lipinski definition) is 1. The minimum Gasteiger partial charge on any atom is -0.324 e. The molecule has 8 heteroatoms. The lowest BCUT2D eigenvalue weighted by atomic mass is 9.98. The molecule has 0 saturated heterocycles. The van der Waals surface area contributed by atoms with Gasteiger partial charge in [0.15, 0.2) is 0 Å². The molecule has 102 valence electrons. The van der Waals surface area contributed by atoms with Gasteiger partial charge in [-0.25, -0.2) is 4.39 Å². The molecule has 0 spiro atoms. The van der Waals surface area contributed by atoms with Crippen LogP contribution < -0.4 is 5.73 Å². The van der Waals surface area contributed by atoms with E-state index < -0.39 is 41.8 Å². The Hall–Kier alpha value is -1.31. The van der Waals surface area contributed by atoms with Crippen LogP contribution in [-0.4, -0.2) is 6.18 Å². The van der Waals surface area contributed by atoms with E-state index in [-0.39, 0.29) is 6.07 Å². The molecule has 0 radical (unpaired) electrons. The van der Waals surface area contributed by atoms with E-state index in [2.05, 4.69) is 0 Å². The van der Waals surface area contributed by atoms with Gasteiger partial charge in [-0.3, -0.25) is 0 Å². The summed E-state index contributed by atoms with van der Waals surface area (Å²) in [5.41, 5.74) is 2.82. The van der Waals surface area contributed by atoms with Gasteiger partial charge in [0.25, 0.3) is 0 Å². The van der Waals surface area contributed by atoms with Crippen molar-refractivity contribution < 1.29 is 30.7 Å². The maximum Gasteiger partial charge on any atom is 0.416 e.